The molecule has 1 fully saturated rings. The minimum atomic E-state index is -3.15. The van der Waals surface area contributed by atoms with Gasteiger partial charge in [-0.3, -0.25) is 4.79 Å². The number of hydrogen-bond donors (Lipinski definition) is 0. The van der Waals surface area contributed by atoms with Gasteiger partial charge in [0.1, 0.15) is 17.3 Å². The van der Waals surface area contributed by atoms with Gasteiger partial charge < -0.3 is 4.74 Å². The van der Waals surface area contributed by atoms with Crippen molar-refractivity contribution in [3.05, 3.63) is 29.3 Å². The fourth-order valence-corrected chi connectivity index (χ4v) is 5.74. The molecule has 3 heterocycles. The molecule has 0 spiro atoms. The Hall–Kier alpha value is -2.33. The van der Waals surface area contributed by atoms with E-state index in [9.17, 15) is 18.0 Å². The highest BCUT2D eigenvalue weighted by atomic mass is 32.2. The lowest BCUT2D eigenvalue weighted by Crippen LogP contribution is -2.42. The topological polar surface area (TPSA) is 106 Å². The predicted octanol–water partition coefficient (Wildman–Crippen LogP) is 1.50. The SMILES string of the molecule is O=C(OCc1nc2ccccc2s1)C1=NN([C@@H]2CCS(=O)(=O)C2)C(=O)CC1. The van der Waals surface area contributed by atoms with E-state index >= 15 is 0 Å². The highest BCUT2D eigenvalue weighted by molar-refractivity contribution is 7.91. The van der Waals surface area contributed by atoms with Crippen molar-refractivity contribution in [3.63, 3.8) is 0 Å². The van der Waals surface area contributed by atoms with Gasteiger partial charge in [-0.05, 0) is 18.6 Å². The van der Waals surface area contributed by atoms with E-state index in [1.54, 1.807) is 0 Å². The van der Waals surface area contributed by atoms with Crippen LogP contribution in [0.5, 0.6) is 0 Å². The lowest BCUT2D eigenvalue weighted by molar-refractivity contribution is -0.138. The molecule has 0 saturated carbocycles. The monoisotopic (exact) mass is 407 g/mol. The largest absolute Gasteiger partial charge is 0.454 e. The summed E-state index contributed by atoms with van der Waals surface area (Å²) in [7, 11) is -3.15. The number of para-hydroxylation sites is 1. The number of fused-ring (bicyclic) bond motifs is 1. The average molecular weight is 407 g/mol. The first-order valence-corrected chi connectivity index (χ1v) is 11.2. The summed E-state index contributed by atoms with van der Waals surface area (Å²) in [6, 6.07) is 7.14. The molecule has 1 aromatic heterocycles. The maximum atomic E-state index is 12.3. The van der Waals surface area contributed by atoms with E-state index in [4.69, 9.17) is 4.74 Å². The van der Waals surface area contributed by atoms with E-state index in [2.05, 4.69) is 10.1 Å². The first-order chi connectivity index (χ1) is 12.9. The molecule has 10 heteroatoms. The summed E-state index contributed by atoms with van der Waals surface area (Å²) < 4.78 is 29.6. The molecule has 2 aliphatic rings. The summed E-state index contributed by atoms with van der Waals surface area (Å²) in [6.07, 6.45) is 0.644. The lowest BCUT2D eigenvalue weighted by Gasteiger charge is -2.27. The van der Waals surface area contributed by atoms with Crippen LogP contribution in [0, 0.1) is 0 Å². The van der Waals surface area contributed by atoms with Crippen LogP contribution in [0.2, 0.25) is 0 Å². The Balaban J connectivity index is 1.44. The predicted molar refractivity (Wildman–Crippen MR) is 100.0 cm³/mol. The molecule has 8 nitrogen and oxygen atoms in total. The Kier molecular flexibility index (Phi) is 4.68. The molecule has 2 aromatic rings. The molecule has 0 radical (unpaired) electrons. The molecule has 1 atom stereocenters. The molecule has 0 bridgehead atoms. The van der Waals surface area contributed by atoms with Gasteiger partial charge in [-0.2, -0.15) is 5.10 Å². The van der Waals surface area contributed by atoms with Gasteiger partial charge in [0.2, 0.25) is 5.91 Å². The fourth-order valence-electron chi connectivity index (χ4n) is 3.16. The molecule has 1 saturated heterocycles. The smallest absolute Gasteiger partial charge is 0.354 e. The number of nitrogens with zero attached hydrogens (tertiary/aromatic N) is 3. The summed E-state index contributed by atoms with van der Waals surface area (Å²) in [5, 5.41) is 5.94. The highest BCUT2D eigenvalue weighted by Crippen LogP contribution is 2.24. The number of esters is 1. The van der Waals surface area contributed by atoms with Crippen LogP contribution in [-0.2, 0) is 30.8 Å². The van der Waals surface area contributed by atoms with Crippen molar-refractivity contribution < 1.29 is 22.7 Å². The molecule has 0 N–H and O–H groups in total. The number of sulfone groups is 1. The zero-order valence-electron chi connectivity index (χ0n) is 14.3. The molecular weight excluding hydrogens is 390 g/mol. The number of amides is 1. The molecule has 4 rings (SSSR count). The molecule has 0 aliphatic carbocycles. The van der Waals surface area contributed by atoms with Crippen LogP contribution in [0.25, 0.3) is 10.2 Å². The Morgan fingerprint density at radius 2 is 2.11 bits per heavy atom. The summed E-state index contributed by atoms with van der Waals surface area (Å²) in [4.78, 5) is 28.9. The van der Waals surface area contributed by atoms with Crippen LogP contribution in [-0.4, -0.2) is 53.5 Å². The van der Waals surface area contributed by atoms with Crippen molar-refractivity contribution in [2.75, 3.05) is 11.5 Å². The maximum absolute atomic E-state index is 12.3. The number of benzene rings is 1. The minimum Gasteiger partial charge on any atom is -0.454 e. The molecule has 27 heavy (non-hydrogen) atoms. The quantitative estimate of drug-likeness (QED) is 0.711. The van der Waals surface area contributed by atoms with Crippen molar-refractivity contribution >= 4 is 49.0 Å². The van der Waals surface area contributed by atoms with E-state index < -0.39 is 21.8 Å². The van der Waals surface area contributed by atoms with Gasteiger partial charge in [-0.15, -0.1) is 11.3 Å². The molecule has 0 unspecified atom stereocenters. The fraction of sp³-hybridized carbons (Fsp3) is 0.412. The van der Waals surface area contributed by atoms with E-state index in [-0.39, 0.29) is 42.6 Å². The second-order valence-electron chi connectivity index (χ2n) is 6.49. The van der Waals surface area contributed by atoms with E-state index in [1.165, 1.54) is 11.3 Å². The van der Waals surface area contributed by atoms with Crippen molar-refractivity contribution in [1.29, 1.82) is 0 Å². The van der Waals surface area contributed by atoms with Crippen LogP contribution >= 0.6 is 11.3 Å². The van der Waals surface area contributed by atoms with Crippen LogP contribution < -0.4 is 0 Å². The number of carbonyl (C=O) groups is 2. The minimum absolute atomic E-state index is 0.0307. The van der Waals surface area contributed by atoms with E-state index in [0.29, 0.717) is 11.4 Å². The van der Waals surface area contributed by atoms with Crippen LogP contribution in [0.4, 0.5) is 0 Å². The summed E-state index contributed by atoms with van der Waals surface area (Å²) in [6.45, 7) is 0.0307. The van der Waals surface area contributed by atoms with Crippen LogP contribution in [0.1, 0.15) is 24.3 Å². The van der Waals surface area contributed by atoms with Gasteiger partial charge in [0.05, 0.1) is 27.8 Å². The van der Waals surface area contributed by atoms with Gasteiger partial charge >= 0.3 is 5.97 Å². The summed E-state index contributed by atoms with van der Waals surface area (Å²) in [5.41, 5.74) is 0.989. The zero-order valence-corrected chi connectivity index (χ0v) is 16.0. The third kappa shape index (κ3) is 3.86. The standard InChI is InChI=1S/C17H17N3O5S2/c21-16-6-5-13(19-20(16)11-7-8-27(23,24)10-11)17(22)25-9-15-18-12-3-1-2-4-14(12)26-15/h1-4,11H,5-10H2/t11-/m1/s1. The first-order valence-electron chi connectivity index (χ1n) is 8.53. The Morgan fingerprint density at radius 1 is 1.30 bits per heavy atom. The number of carbonyl (C=O) groups excluding carboxylic acids is 2. The first kappa shape index (κ1) is 18.1. The third-order valence-electron chi connectivity index (χ3n) is 4.51. The van der Waals surface area contributed by atoms with Gasteiger partial charge in [-0.25, -0.2) is 23.2 Å². The van der Waals surface area contributed by atoms with Crippen LogP contribution in [0.3, 0.4) is 0 Å². The van der Waals surface area contributed by atoms with Crippen molar-refractivity contribution in [2.45, 2.75) is 31.9 Å². The molecule has 1 aromatic carbocycles. The zero-order chi connectivity index (χ0) is 19.0. The Labute approximate surface area is 159 Å². The van der Waals surface area contributed by atoms with Crippen molar-refractivity contribution in [3.8, 4) is 0 Å². The normalized spacial score (nSPS) is 22.1. The number of hydrogen-bond acceptors (Lipinski definition) is 8. The second-order valence-corrected chi connectivity index (χ2v) is 9.84. The average Bonchev–Trinajstić information content (AvgIpc) is 3.22. The third-order valence-corrected chi connectivity index (χ3v) is 7.27. The van der Waals surface area contributed by atoms with E-state index in [0.717, 1.165) is 15.2 Å². The summed E-state index contributed by atoms with van der Waals surface area (Å²) in [5.74, 6) is -0.947. The van der Waals surface area contributed by atoms with E-state index in [1.807, 2.05) is 24.3 Å². The molecule has 142 valence electrons. The Bertz CT molecular complexity index is 1010. The van der Waals surface area contributed by atoms with Crippen molar-refractivity contribution in [1.82, 2.24) is 9.99 Å². The number of thiazole rings is 1. The molecular formula is C17H17N3O5S2. The molecule has 2 aliphatic heterocycles. The van der Waals surface area contributed by atoms with Crippen LogP contribution in [0.15, 0.2) is 29.4 Å². The number of aromatic nitrogens is 1. The van der Waals surface area contributed by atoms with Gasteiger partial charge in [0.15, 0.2) is 9.84 Å². The summed E-state index contributed by atoms with van der Waals surface area (Å²) >= 11 is 1.45. The number of rotatable bonds is 4. The Morgan fingerprint density at radius 3 is 2.85 bits per heavy atom. The maximum Gasteiger partial charge on any atom is 0.354 e. The second kappa shape index (κ2) is 7.01. The number of ether oxygens (including phenoxy) is 1. The van der Waals surface area contributed by atoms with Gasteiger partial charge in [0, 0.05) is 12.8 Å². The van der Waals surface area contributed by atoms with Gasteiger partial charge in [0.25, 0.3) is 0 Å². The molecule has 1 amide bonds. The highest BCUT2D eigenvalue weighted by Gasteiger charge is 2.37. The van der Waals surface area contributed by atoms with Gasteiger partial charge in [-0.1, -0.05) is 12.1 Å². The lowest BCUT2D eigenvalue weighted by atomic mass is 10.1. The number of hydrazone groups is 1. The van der Waals surface area contributed by atoms with Crippen molar-refractivity contribution in [2.24, 2.45) is 5.10 Å².